The first-order chi connectivity index (χ1) is 15.8. The van der Waals surface area contributed by atoms with E-state index in [0.717, 1.165) is 73.2 Å². The fraction of sp³-hybridized carbons (Fsp3) is 0.600. The van der Waals surface area contributed by atoms with Crippen molar-refractivity contribution in [1.82, 2.24) is 9.97 Å². The first kappa shape index (κ1) is 23.1. The van der Waals surface area contributed by atoms with Crippen LogP contribution in [-0.4, -0.2) is 49.3 Å². The predicted molar refractivity (Wildman–Crippen MR) is 134 cm³/mol. The molecule has 1 aromatic heterocycles. The van der Waals surface area contributed by atoms with E-state index in [2.05, 4.69) is 22.3 Å². The molecule has 1 saturated carbocycles. The standard InChI is InChI=1S/C25H33ClN4O2S/c1-24(2)15-20-21(33(24)32)22(29-25(16-31)11-4-12-25)28-23(27-20)30-13-3-5-17(10-14-30)18-6-8-19(26)9-7-18/h6-9,17,31H,3-5,10-16H2,1-2H3,(H,27,28,29)/t17?,33-/m1/s1. The quantitative estimate of drug-likeness (QED) is 0.636. The van der Waals surface area contributed by atoms with E-state index >= 15 is 0 Å². The minimum atomic E-state index is -1.18. The highest BCUT2D eigenvalue weighted by Crippen LogP contribution is 2.43. The van der Waals surface area contributed by atoms with E-state index in [1.807, 2.05) is 26.0 Å². The number of anilines is 2. The molecule has 3 aliphatic rings. The number of rotatable bonds is 5. The largest absolute Gasteiger partial charge is 0.394 e. The zero-order chi connectivity index (χ0) is 23.2. The summed E-state index contributed by atoms with van der Waals surface area (Å²) in [6.07, 6.45) is 6.78. The van der Waals surface area contributed by atoms with Crippen molar-refractivity contribution < 1.29 is 9.32 Å². The van der Waals surface area contributed by atoms with Gasteiger partial charge in [0.25, 0.3) is 0 Å². The van der Waals surface area contributed by atoms with Crippen LogP contribution < -0.4 is 10.2 Å². The third kappa shape index (κ3) is 4.40. The van der Waals surface area contributed by atoms with Gasteiger partial charge in [-0.3, -0.25) is 4.21 Å². The van der Waals surface area contributed by atoms with Crippen LogP contribution in [0, 0.1) is 0 Å². The van der Waals surface area contributed by atoms with E-state index in [1.165, 1.54) is 5.56 Å². The molecule has 2 aromatic rings. The highest BCUT2D eigenvalue weighted by atomic mass is 35.5. The van der Waals surface area contributed by atoms with E-state index in [-0.39, 0.29) is 16.9 Å². The first-order valence-electron chi connectivity index (χ1n) is 12.0. The maximum absolute atomic E-state index is 13.3. The molecule has 8 heteroatoms. The topological polar surface area (TPSA) is 78.3 Å². The van der Waals surface area contributed by atoms with Gasteiger partial charge < -0.3 is 15.3 Å². The van der Waals surface area contributed by atoms with Crippen molar-refractivity contribution in [2.24, 2.45) is 0 Å². The third-order valence-corrected chi connectivity index (χ3v) is 9.75. The van der Waals surface area contributed by atoms with Crippen LogP contribution in [0.1, 0.15) is 69.5 Å². The molecule has 33 heavy (non-hydrogen) atoms. The summed E-state index contributed by atoms with van der Waals surface area (Å²) in [6, 6.07) is 8.22. The molecule has 1 aliphatic carbocycles. The molecule has 2 N–H and O–H groups in total. The van der Waals surface area contributed by atoms with Crippen LogP contribution >= 0.6 is 11.6 Å². The molecule has 5 rings (SSSR count). The number of benzene rings is 1. The summed E-state index contributed by atoms with van der Waals surface area (Å²) in [5.74, 6) is 1.87. The number of nitrogens with zero attached hydrogens (tertiary/aromatic N) is 3. The molecule has 2 aliphatic heterocycles. The van der Waals surface area contributed by atoms with E-state index in [9.17, 15) is 9.32 Å². The molecular formula is C25H33ClN4O2S. The van der Waals surface area contributed by atoms with Gasteiger partial charge in [0.2, 0.25) is 5.95 Å². The second-order valence-electron chi connectivity index (χ2n) is 10.4. The van der Waals surface area contributed by atoms with Crippen molar-refractivity contribution in [2.75, 3.05) is 29.9 Å². The number of hydrogen-bond acceptors (Lipinski definition) is 6. The summed E-state index contributed by atoms with van der Waals surface area (Å²) in [4.78, 5) is 12.9. The van der Waals surface area contributed by atoms with Crippen LogP contribution in [0.2, 0.25) is 5.02 Å². The maximum atomic E-state index is 13.3. The van der Waals surface area contributed by atoms with Gasteiger partial charge in [0, 0.05) is 24.5 Å². The Balaban J connectivity index is 1.43. The maximum Gasteiger partial charge on any atom is 0.227 e. The van der Waals surface area contributed by atoms with Crippen LogP contribution in [0.15, 0.2) is 29.2 Å². The Morgan fingerprint density at radius 3 is 2.58 bits per heavy atom. The van der Waals surface area contributed by atoms with Gasteiger partial charge in [-0.1, -0.05) is 23.7 Å². The fourth-order valence-corrected chi connectivity index (χ4v) is 6.86. The van der Waals surface area contributed by atoms with Gasteiger partial charge in [0.15, 0.2) is 0 Å². The van der Waals surface area contributed by atoms with Gasteiger partial charge in [-0.25, -0.2) is 4.98 Å². The Morgan fingerprint density at radius 2 is 1.91 bits per heavy atom. The van der Waals surface area contributed by atoms with Crippen LogP contribution in [0.25, 0.3) is 0 Å². The lowest BCUT2D eigenvalue weighted by molar-refractivity contribution is 0.143. The van der Waals surface area contributed by atoms with Crippen molar-refractivity contribution in [3.05, 3.63) is 40.5 Å². The van der Waals surface area contributed by atoms with E-state index < -0.39 is 10.8 Å². The Kier molecular flexibility index (Phi) is 6.17. The van der Waals surface area contributed by atoms with Crippen LogP contribution in [0.3, 0.4) is 0 Å². The number of aromatic nitrogens is 2. The van der Waals surface area contributed by atoms with Crippen molar-refractivity contribution in [2.45, 2.75) is 79.9 Å². The zero-order valence-electron chi connectivity index (χ0n) is 19.4. The van der Waals surface area contributed by atoms with Crippen LogP contribution in [0.5, 0.6) is 0 Å². The Labute approximate surface area is 203 Å². The Morgan fingerprint density at radius 1 is 1.15 bits per heavy atom. The van der Waals surface area contributed by atoms with E-state index in [1.54, 1.807) is 0 Å². The molecular weight excluding hydrogens is 456 g/mol. The van der Waals surface area contributed by atoms with Gasteiger partial charge in [0.1, 0.15) is 10.7 Å². The van der Waals surface area contributed by atoms with Gasteiger partial charge in [0.05, 0.1) is 33.4 Å². The highest BCUT2D eigenvalue weighted by Gasteiger charge is 2.43. The molecule has 1 unspecified atom stereocenters. The molecule has 0 bridgehead atoms. The molecule has 2 atom stereocenters. The number of fused-ring (bicyclic) bond motifs is 1. The lowest BCUT2D eigenvalue weighted by Gasteiger charge is -2.41. The molecule has 6 nitrogen and oxygen atoms in total. The van der Waals surface area contributed by atoms with Crippen molar-refractivity contribution in [1.29, 1.82) is 0 Å². The summed E-state index contributed by atoms with van der Waals surface area (Å²) < 4.78 is 12.9. The van der Waals surface area contributed by atoms with Gasteiger partial charge in [-0.05, 0) is 76.0 Å². The average Bonchev–Trinajstić information content (AvgIpc) is 2.91. The summed E-state index contributed by atoms with van der Waals surface area (Å²) in [6.45, 7) is 5.90. The third-order valence-electron chi connectivity index (χ3n) is 7.55. The Hall–Kier alpha value is -1.70. The second kappa shape index (κ2) is 8.82. The minimum Gasteiger partial charge on any atom is -0.394 e. The molecule has 0 spiro atoms. The van der Waals surface area contributed by atoms with Crippen molar-refractivity contribution in [3.8, 4) is 0 Å². The SMILES string of the molecule is CC1(C)Cc2nc(N3CCCC(c4ccc(Cl)cc4)CC3)nc(NC3(CO)CCC3)c2[S@]1=O. The van der Waals surface area contributed by atoms with E-state index in [4.69, 9.17) is 21.6 Å². The van der Waals surface area contributed by atoms with Crippen molar-refractivity contribution in [3.63, 3.8) is 0 Å². The zero-order valence-corrected chi connectivity index (χ0v) is 21.0. The summed E-state index contributed by atoms with van der Waals surface area (Å²) in [7, 11) is -1.18. The van der Waals surface area contributed by atoms with Gasteiger partial charge in [-0.15, -0.1) is 0 Å². The normalized spacial score (nSPS) is 25.8. The Bertz CT molecular complexity index is 1050. The molecule has 0 radical (unpaired) electrons. The molecule has 0 amide bonds. The number of nitrogens with one attached hydrogen (secondary N) is 1. The number of halogens is 1. The summed E-state index contributed by atoms with van der Waals surface area (Å²) in [5, 5.41) is 14.3. The first-order valence-corrected chi connectivity index (χ1v) is 13.6. The van der Waals surface area contributed by atoms with Crippen LogP contribution in [0.4, 0.5) is 11.8 Å². The molecule has 1 saturated heterocycles. The molecule has 2 fully saturated rings. The number of hydrogen-bond donors (Lipinski definition) is 2. The lowest BCUT2D eigenvalue weighted by atomic mass is 9.77. The molecule has 3 heterocycles. The lowest BCUT2D eigenvalue weighted by Crippen LogP contribution is -2.48. The number of aliphatic hydroxyl groups is 1. The highest BCUT2D eigenvalue weighted by molar-refractivity contribution is 7.87. The van der Waals surface area contributed by atoms with Crippen LogP contribution in [-0.2, 0) is 17.2 Å². The van der Waals surface area contributed by atoms with Gasteiger partial charge in [-0.2, -0.15) is 4.98 Å². The smallest absolute Gasteiger partial charge is 0.227 e. The fourth-order valence-electron chi connectivity index (χ4n) is 5.31. The molecule has 178 valence electrons. The van der Waals surface area contributed by atoms with Gasteiger partial charge >= 0.3 is 0 Å². The number of aliphatic hydroxyl groups excluding tert-OH is 1. The van der Waals surface area contributed by atoms with Crippen molar-refractivity contribution >= 4 is 34.2 Å². The predicted octanol–water partition coefficient (Wildman–Crippen LogP) is 4.67. The average molecular weight is 489 g/mol. The second-order valence-corrected chi connectivity index (χ2v) is 12.9. The summed E-state index contributed by atoms with van der Waals surface area (Å²) >= 11 is 6.08. The monoisotopic (exact) mass is 488 g/mol. The van der Waals surface area contributed by atoms with E-state index in [0.29, 0.717) is 18.2 Å². The minimum absolute atomic E-state index is 0.0592. The summed E-state index contributed by atoms with van der Waals surface area (Å²) in [5.41, 5.74) is 1.87. The molecule has 1 aromatic carbocycles.